The average Bonchev–Trinajstić information content (AvgIpc) is 2.54. The Labute approximate surface area is 85.2 Å². The highest BCUT2D eigenvalue weighted by Gasteiger charge is 2.59. The van der Waals surface area contributed by atoms with Crippen LogP contribution in [0.15, 0.2) is 12.2 Å². The Morgan fingerprint density at radius 1 is 1.54 bits per heavy atom. The number of carbonyl (C=O) groups is 1. The Morgan fingerprint density at radius 2 is 2.15 bits per heavy atom. The summed E-state index contributed by atoms with van der Waals surface area (Å²) in [5.41, 5.74) is 0.0864. The first-order chi connectivity index (χ1) is 6.01. The fourth-order valence-electron chi connectivity index (χ4n) is 1.88. The van der Waals surface area contributed by atoms with Crippen molar-refractivity contribution in [3.8, 4) is 0 Å². The van der Waals surface area contributed by atoms with E-state index < -0.39 is 0 Å². The first-order valence-corrected chi connectivity index (χ1v) is 5.25. The third-order valence-electron chi connectivity index (χ3n) is 2.95. The quantitative estimate of drug-likeness (QED) is 0.502. The maximum Gasteiger partial charge on any atom is 0.225 e. The van der Waals surface area contributed by atoms with E-state index in [-0.39, 0.29) is 16.6 Å². The zero-order valence-corrected chi connectivity index (χ0v) is 9.27. The zero-order chi connectivity index (χ0) is 10.1. The highest BCUT2D eigenvalue weighted by atomic mass is 35.5. The maximum absolute atomic E-state index is 11.0. The smallest absolute Gasteiger partial charge is 0.225 e. The molecule has 1 fully saturated rings. The first kappa shape index (κ1) is 10.8. The van der Waals surface area contributed by atoms with Crippen molar-refractivity contribution in [1.29, 1.82) is 0 Å². The second-order valence-corrected chi connectivity index (χ2v) is 4.72. The lowest BCUT2D eigenvalue weighted by atomic mass is 10.1. The molecule has 0 aromatic carbocycles. The number of halogens is 1. The van der Waals surface area contributed by atoms with E-state index in [1.807, 2.05) is 0 Å². The molecule has 0 saturated heterocycles. The van der Waals surface area contributed by atoms with Crippen LogP contribution < -0.4 is 0 Å². The molecule has 0 radical (unpaired) electrons. The molecule has 1 saturated carbocycles. The van der Waals surface area contributed by atoms with E-state index in [0.29, 0.717) is 5.92 Å². The van der Waals surface area contributed by atoms with Gasteiger partial charge in [-0.15, -0.1) is 0 Å². The monoisotopic (exact) mass is 200 g/mol. The van der Waals surface area contributed by atoms with Crippen LogP contribution in [0, 0.1) is 17.3 Å². The van der Waals surface area contributed by atoms with Crippen LogP contribution >= 0.6 is 11.6 Å². The van der Waals surface area contributed by atoms with Crippen LogP contribution in [-0.2, 0) is 4.79 Å². The topological polar surface area (TPSA) is 17.1 Å². The van der Waals surface area contributed by atoms with Crippen molar-refractivity contribution in [1.82, 2.24) is 0 Å². The molecule has 1 aliphatic rings. The highest BCUT2D eigenvalue weighted by Crippen LogP contribution is 2.59. The van der Waals surface area contributed by atoms with Crippen LogP contribution in [0.4, 0.5) is 0 Å². The highest BCUT2D eigenvalue weighted by molar-refractivity contribution is 6.64. The third kappa shape index (κ3) is 2.14. The SMILES string of the molecule is CCC/C=C/C1C(C(=O)Cl)C1(C)C. The van der Waals surface area contributed by atoms with Crippen molar-refractivity contribution >= 4 is 16.8 Å². The van der Waals surface area contributed by atoms with Gasteiger partial charge < -0.3 is 0 Å². The predicted molar refractivity (Wildman–Crippen MR) is 55.7 cm³/mol. The van der Waals surface area contributed by atoms with Gasteiger partial charge in [-0.1, -0.05) is 39.3 Å². The molecule has 0 aromatic rings. The Morgan fingerprint density at radius 3 is 2.54 bits per heavy atom. The minimum absolute atomic E-state index is 0.0438. The number of rotatable bonds is 4. The van der Waals surface area contributed by atoms with Crippen molar-refractivity contribution in [3.63, 3.8) is 0 Å². The van der Waals surface area contributed by atoms with Gasteiger partial charge in [-0.05, 0) is 29.4 Å². The molecule has 0 aliphatic heterocycles. The second-order valence-electron chi connectivity index (χ2n) is 4.35. The van der Waals surface area contributed by atoms with Crippen molar-refractivity contribution < 1.29 is 4.79 Å². The van der Waals surface area contributed by atoms with Crippen LogP contribution in [0.3, 0.4) is 0 Å². The molecule has 74 valence electrons. The Balaban J connectivity index is 2.50. The summed E-state index contributed by atoms with van der Waals surface area (Å²) in [5.74, 6) is 0.409. The minimum Gasteiger partial charge on any atom is -0.281 e. The molecule has 2 heteroatoms. The number of carbonyl (C=O) groups excluding carboxylic acids is 1. The molecule has 0 bridgehead atoms. The van der Waals surface area contributed by atoms with E-state index in [1.54, 1.807) is 0 Å². The molecule has 1 nitrogen and oxygen atoms in total. The average molecular weight is 201 g/mol. The molecule has 1 aliphatic carbocycles. The predicted octanol–water partition coefficient (Wildman–Crippen LogP) is 3.38. The van der Waals surface area contributed by atoms with Gasteiger partial charge in [0.2, 0.25) is 5.24 Å². The molecule has 0 N–H and O–H groups in total. The zero-order valence-electron chi connectivity index (χ0n) is 8.51. The number of hydrogen-bond acceptors (Lipinski definition) is 1. The maximum atomic E-state index is 11.0. The molecule has 0 heterocycles. The van der Waals surface area contributed by atoms with Crippen molar-refractivity contribution in [2.45, 2.75) is 33.6 Å². The summed E-state index contributed by atoms with van der Waals surface area (Å²) in [6.07, 6.45) is 6.56. The van der Waals surface area contributed by atoms with Gasteiger partial charge in [0.25, 0.3) is 0 Å². The van der Waals surface area contributed by atoms with Crippen molar-refractivity contribution in [2.24, 2.45) is 17.3 Å². The van der Waals surface area contributed by atoms with Crippen LogP contribution in [-0.4, -0.2) is 5.24 Å². The molecular weight excluding hydrogens is 184 g/mol. The summed E-state index contributed by atoms with van der Waals surface area (Å²) in [4.78, 5) is 11.0. The normalized spacial score (nSPS) is 30.8. The fourth-order valence-corrected chi connectivity index (χ4v) is 2.30. The molecule has 0 aromatic heterocycles. The van der Waals surface area contributed by atoms with E-state index in [0.717, 1.165) is 12.8 Å². The summed E-state index contributed by atoms with van der Waals surface area (Å²) in [6.45, 7) is 6.34. The Bertz CT molecular complexity index is 230. The number of unbranched alkanes of at least 4 members (excludes halogenated alkanes) is 1. The van der Waals surface area contributed by atoms with E-state index >= 15 is 0 Å². The fraction of sp³-hybridized carbons (Fsp3) is 0.727. The number of hydrogen-bond donors (Lipinski definition) is 0. The summed E-state index contributed by atoms with van der Waals surface area (Å²) < 4.78 is 0. The van der Waals surface area contributed by atoms with Gasteiger partial charge in [0.1, 0.15) is 0 Å². The van der Waals surface area contributed by atoms with E-state index in [1.165, 1.54) is 0 Å². The second kappa shape index (κ2) is 3.83. The first-order valence-electron chi connectivity index (χ1n) is 4.87. The lowest BCUT2D eigenvalue weighted by Gasteiger charge is -1.96. The molecule has 0 spiro atoms. The van der Waals surface area contributed by atoms with Crippen LogP contribution in [0.1, 0.15) is 33.6 Å². The summed E-state index contributed by atoms with van der Waals surface area (Å²) in [6, 6.07) is 0. The third-order valence-corrected chi connectivity index (χ3v) is 3.19. The van der Waals surface area contributed by atoms with Crippen LogP contribution in [0.5, 0.6) is 0 Å². The lowest BCUT2D eigenvalue weighted by molar-refractivity contribution is -0.113. The van der Waals surface area contributed by atoms with Gasteiger partial charge in [0.15, 0.2) is 0 Å². The van der Waals surface area contributed by atoms with Crippen LogP contribution in [0.25, 0.3) is 0 Å². The Hall–Kier alpha value is -0.300. The molecular formula is C11H17ClO. The van der Waals surface area contributed by atoms with Gasteiger partial charge in [-0.3, -0.25) is 4.79 Å². The molecule has 13 heavy (non-hydrogen) atoms. The minimum atomic E-state index is -0.184. The van der Waals surface area contributed by atoms with Crippen molar-refractivity contribution in [2.75, 3.05) is 0 Å². The molecule has 2 unspecified atom stereocenters. The van der Waals surface area contributed by atoms with E-state index in [4.69, 9.17) is 11.6 Å². The molecule has 1 rings (SSSR count). The van der Waals surface area contributed by atoms with Gasteiger partial charge in [-0.2, -0.15) is 0 Å². The van der Waals surface area contributed by atoms with Crippen LogP contribution in [0.2, 0.25) is 0 Å². The van der Waals surface area contributed by atoms with E-state index in [9.17, 15) is 4.79 Å². The van der Waals surface area contributed by atoms with E-state index in [2.05, 4.69) is 32.9 Å². The Kier molecular flexibility index (Phi) is 3.18. The van der Waals surface area contributed by atoms with Gasteiger partial charge in [-0.25, -0.2) is 0 Å². The summed E-state index contributed by atoms with van der Waals surface area (Å²) in [5, 5.41) is -0.184. The summed E-state index contributed by atoms with van der Waals surface area (Å²) >= 11 is 5.49. The number of allylic oxidation sites excluding steroid dienone is 2. The molecule has 2 atom stereocenters. The van der Waals surface area contributed by atoms with Gasteiger partial charge in [0.05, 0.1) is 0 Å². The van der Waals surface area contributed by atoms with Gasteiger partial charge >= 0.3 is 0 Å². The molecule has 0 amide bonds. The largest absolute Gasteiger partial charge is 0.281 e. The standard InChI is InChI=1S/C11H17ClO/c1-4-5-6-7-8-9(10(12)13)11(8,2)3/h6-9H,4-5H2,1-3H3/b7-6+. The van der Waals surface area contributed by atoms with Gasteiger partial charge in [0, 0.05) is 5.92 Å². The summed E-state index contributed by atoms with van der Waals surface area (Å²) in [7, 11) is 0. The lowest BCUT2D eigenvalue weighted by Crippen LogP contribution is -1.96. The van der Waals surface area contributed by atoms with Crippen molar-refractivity contribution in [3.05, 3.63) is 12.2 Å².